The van der Waals surface area contributed by atoms with Gasteiger partial charge in [-0.25, -0.2) is 4.98 Å². The number of amides is 1. The molecule has 18 heavy (non-hydrogen) atoms. The Labute approximate surface area is 103 Å². The largest absolute Gasteiger partial charge is 0.442 e. The van der Waals surface area contributed by atoms with Crippen LogP contribution in [0.2, 0.25) is 0 Å². The number of furan rings is 1. The number of carbonyl (C=O) groups is 1. The fourth-order valence-electron chi connectivity index (χ4n) is 2.39. The number of aromatic nitrogens is 2. The minimum atomic E-state index is -0.334. The van der Waals surface area contributed by atoms with Gasteiger partial charge >= 0.3 is 0 Å². The fraction of sp³-hybridized carbons (Fsp3) is 0.417. The Morgan fingerprint density at radius 1 is 1.44 bits per heavy atom. The molecule has 3 heterocycles. The lowest BCUT2D eigenvalue weighted by molar-refractivity contribution is 0.0792. The number of nitrogens with one attached hydrogen (secondary N) is 1. The Hall–Kier alpha value is -2.11. The molecule has 1 amide bonds. The molecule has 6 nitrogen and oxygen atoms in total. The van der Waals surface area contributed by atoms with Crippen molar-refractivity contribution in [1.29, 1.82) is 0 Å². The van der Waals surface area contributed by atoms with Crippen molar-refractivity contribution in [3.8, 4) is 0 Å². The van der Waals surface area contributed by atoms with Crippen molar-refractivity contribution in [3.63, 3.8) is 0 Å². The molecule has 0 radical (unpaired) electrons. The van der Waals surface area contributed by atoms with Crippen LogP contribution >= 0.6 is 0 Å². The molecule has 6 heteroatoms. The van der Waals surface area contributed by atoms with Crippen LogP contribution in [-0.2, 0) is 0 Å². The minimum Gasteiger partial charge on any atom is -0.442 e. The first-order valence-corrected chi connectivity index (χ1v) is 5.94. The Bertz CT molecular complexity index is 665. The van der Waals surface area contributed by atoms with Gasteiger partial charge in [0.2, 0.25) is 5.71 Å². The van der Waals surface area contributed by atoms with Crippen LogP contribution in [0, 0.1) is 6.92 Å². The lowest BCUT2D eigenvalue weighted by Gasteiger charge is -2.14. The highest BCUT2D eigenvalue weighted by Gasteiger charge is 2.27. The Morgan fingerprint density at radius 2 is 2.17 bits per heavy atom. The second kappa shape index (κ2) is 3.97. The molecule has 1 N–H and O–H groups in total. The molecule has 0 bridgehead atoms. The molecule has 1 aliphatic rings. The number of carbonyl (C=O) groups excluding carboxylic acids is 1. The second-order valence-electron chi connectivity index (χ2n) is 4.44. The number of likely N-dealkylation sites (tertiary alicyclic amines) is 1. The van der Waals surface area contributed by atoms with E-state index in [1.54, 1.807) is 11.8 Å². The topological polar surface area (TPSA) is 79.2 Å². The van der Waals surface area contributed by atoms with Gasteiger partial charge in [-0.2, -0.15) is 0 Å². The van der Waals surface area contributed by atoms with E-state index in [9.17, 15) is 9.59 Å². The van der Waals surface area contributed by atoms with Crippen LogP contribution in [0.15, 0.2) is 15.5 Å². The molecular formula is C12H13N3O3. The maximum atomic E-state index is 12.4. The number of aryl methyl sites for hydroxylation is 1. The molecule has 2 aromatic rings. The van der Waals surface area contributed by atoms with Gasteiger partial charge in [-0.15, -0.1) is 0 Å². The zero-order chi connectivity index (χ0) is 12.7. The van der Waals surface area contributed by atoms with Gasteiger partial charge in [0.25, 0.3) is 11.5 Å². The normalized spacial score (nSPS) is 15.5. The van der Waals surface area contributed by atoms with Gasteiger partial charge in [0.1, 0.15) is 11.1 Å². The molecule has 1 aliphatic heterocycles. The van der Waals surface area contributed by atoms with E-state index < -0.39 is 0 Å². The highest BCUT2D eigenvalue weighted by molar-refractivity contribution is 6.06. The quantitative estimate of drug-likeness (QED) is 0.817. The van der Waals surface area contributed by atoms with Crippen LogP contribution in [-0.4, -0.2) is 33.9 Å². The van der Waals surface area contributed by atoms with Crippen molar-refractivity contribution in [2.75, 3.05) is 13.1 Å². The molecule has 0 aromatic carbocycles. The molecule has 0 atom stereocenters. The van der Waals surface area contributed by atoms with Crippen molar-refractivity contribution in [3.05, 3.63) is 28.0 Å². The Kier molecular flexibility index (Phi) is 2.43. The third-order valence-corrected chi connectivity index (χ3v) is 3.28. The first kappa shape index (κ1) is 11.0. The van der Waals surface area contributed by atoms with E-state index in [0.717, 1.165) is 25.9 Å². The predicted octanol–water partition coefficient (Wildman–Crippen LogP) is 1.06. The van der Waals surface area contributed by atoms with Crippen molar-refractivity contribution < 1.29 is 9.21 Å². The molecule has 1 saturated heterocycles. The molecule has 3 rings (SSSR count). The summed E-state index contributed by atoms with van der Waals surface area (Å²) < 4.78 is 5.38. The average Bonchev–Trinajstić information content (AvgIpc) is 2.95. The second-order valence-corrected chi connectivity index (χ2v) is 4.44. The summed E-state index contributed by atoms with van der Waals surface area (Å²) in [5, 5.41) is 0.256. The first-order valence-electron chi connectivity index (χ1n) is 5.94. The molecular weight excluding hydrogens is 234 g/mol. The summed E-state index contributed by atoms with van der Waals surface area (Å²) in [7, 11) is 0. The van der Waals surface area contributed by atoms with Crippen molar-refractivity contribution in [2.24, 2.45) is 0 Å². The summed E-state index contributed by atoms with van der Waals surface area (Å²) in [4.78, 5) is 32.4. The third kappa shape index (κ3) is 1.53. The number of H-pyrrole nitrogens is 1. The van der Waals surface area contributed by atoms with Crippen molar-refractivity contribution >= 4 is 17.0 Å². The van der Waals surface area contributed by atoms with Gasteiger partial charge in [-0.1, -0.05) is 0 Å². The highest BCUT2D eigenvalue weighted by Crippen LogP contribution is 2.23. The standard InChI is InChI=1S/C12H13N3O3/c1-7-8(12(17)15-4-2-3-5-15)9-10(16)13-6-14-11(9)18-7/h6H,2-5H2,1H3,(H,13,14,16). The zero-order valence-electron chi connectivity index (χ0n) is 10.0. The van der Waals surface area contributed by atoms with Gasteiger partial charge in [0.05, 0.1) is 11.9 Å². The Balaban J connectivity index is 2.19. The van der Waals surface area contributed by atoms with Crippen LogP contribution < -0.4 is 5.56 Å². The number of hydrogen-bond donors (Lipinski definition) is 1. The predicted molar refractivity (Wildman–Crippen MR) is 64.5 cm³/mol. The molecule has 0 spiro atoms. The molecule has 94 valence electrons. The van der Waals surface area contributed by atoms with Crippen LogP contribution in [0.3, 0.4) is 0 Å². The summed E-state index contributed by atoms with van der Waals surface area (Å²) >= 11 is 0. The number of hydrogen-bond acceptors (Lipinski definition) is 4. The van der Waals surface area contributed by atoms with Crippen molar-refractivity contribution in [2.45, 2.75) is 19.8 Å². The van der Waals surface area contributed by atoms with Crippen molar-refractivity contribution in [1.82, 2.24) is 14.9 Å². The molecule has 0 saturated carbocycles. The number of fused-ring (bicyclic) bond motifs is 1. The lowest BCUT2D eigenvalue weighted by Crippen LogP contribution is -2.28. The summed E-state index contributed by atoms with van der Waals surface area (Å²) in [5.41, 5.74) is 0.236. The van der Waals surface area contributed by atoms with E-state index in [1.807, 2.05) is 0 Å². The average molecular weight is 247 g/mol. The monoisotopic (exact) mass is 247 g/mol. The number of aromatic amines is 1. The van der Waals surface area contributed by atoms with E-state index >= 15 is 0 Å². The van der Waals surface area contributed by atoms with E-state index in [0.29, 0.717) is 11.3 Å². The van der Waals surface area contributed by atoms with Gasteiger partial charge in [0.15, 0.2) is 0 Å². The SMILES string of the molecule is Cc1oc2nc[nH]c(=O)c2c1C(=O)N1CCCC1. The molecule has 0 aliphatic carbocycles. The van der Waals surface area contributed by atoms with Gasteiger partial charge in [0, 0.05) is 13.1 Å². The van der Waals surface area contributed by atoms with E-state index in [2.05, 4.69) is 9.97 Å². The van der Waals surface area contributed by atoms with Crippen LogP contribution in [0.5, 0.6) is 0 Å². The lowest BCUT2D eigenvalue weighted by atomic mass is 10.1. The highest BCUT2D eigenvalue weighted by atomic mass is 16.3. The smallest absolute Gasteiger partial charge is 0.262 e. The molecule has 0 unspecified atom stereocenters. The van der Waals surface area contributed by atoms with Gasteiger partial charge in [-0.3, -0.25) is 9.59 Å². The summed E-state index contributed by atoms with van der Waals surface area (Å²) in [5.74, 6) is 0.313. The van der Waals surface area contributed by atoms with E-state index in [4.69, 9.17) is 4.42 Å². The summed E-state index contributed by atoms with van der Waals surface area (Å²) in [6.07, 6.45) is 3.29. The van der Waals surface area contributed by atoms with Crippen LogP contribution in [0.1, 0.15) is 29.0 Å². The van der Waals surface area contributed by atoms with Crippen LogP contribution in [0.25, 0.3) is 11.1 Å². The van der Waals surface area contributed by atoms with E-state index in [-0.39, 0.29) is 22.6 Å². The first-order chi connectivity index (χ1) is 8.68. The van der Waals surface area contributed by atoms with E-state index in [1.165, 1.54) is 6.33 Å². The van der Waals surface area contributed by atoms with Crippen LogP contribution in [0.4, 0.5) is 0 Å². The van der Waals surface area contributed by atoms with Gasteiger partial charge < -0.3 is 14.3 Å². The number of nitrogens with zero attached hydrogens (tertiary/aromatic N) is 2. The third-order valence-electron chi connectivity index (χ3n) is 3.28. The molecule has 2 aromatic heterocycles. The Morgan fingerprint density at radius 3 is 2.89 bits per heavy atom. The maximum Gasteiger partial charge on any atom is 0.262 e. The van der Waals surface area contributed by atoms with Gasteiger partial charge in [-0.05, 0) is 19.8 Å². The summed E-state index contributed by atoms with van der Waals surface area (Å²) in [6, 6.07) is 0. The summed E-state index contributed by atoms with van der Waals surface area (Å²) in [6.45, 7) is 3.16. The maximum absolute atomic E-state index is 12.4. The minimum absolute atomic E-state index is 0.137. The fourth-order valence-corrected chi connectivity index (χ4v) is 2.39. The number of rotatable bonds is 1. The zero-order valence-corrected chi connectivity index (χ0v) is 10.0. The molecule has 1 fully saturated rings.